The van der Waals surface area contributed by atoms with E-state index in [1.54, 1.807) is 0 Å². The predicted octanol–water partition coefficient (Wildman–Crippen LogP) is 2.49. The number of nitro benzene ring substituents is 1. The van der Waals surface area contributed by atoms with Gasteiger partial charge in [-0.3, -0.25) is 24.3 Å². The molecule has 1 aromatic carbocycles. The van der Waals surface area contributed by atoms with Gasteiger partial charge in [0.25, 0.3) is 11.2 Å². The van der Waals surface area contributed by atoms with E-state index in [0.29, 0.717) is 12.1 Å². The number of non-ortho nitro benzene ring substituents is 1. The predicted molar refractivity (Wildman–Crippen MR) is 96.9 cm³/mol. The highest BCUT2D eigenvalue weighted by atomic mass is 16.6. The largest absolute Gasteiger partial charge is 0.338 e. The van der Waals surface area contributed by atoms with Crippen molar-refractivity contribution in [1.82, 2.24) is 14.5 Å². The van der Waals surface area contributed by atoms with Gasteiger partial charge >= 0.3 is 0 Å². The number of nitro groups is 1. The third kappa shape index (κ3) is 3.58. The number of benzene rings is 1. The number of carbonyl (C=O) groups is 1. The van der Waals surface area contributed by atoms with Crippen LogP contribution in [0.25, 0.3) is 10.9 Å². The van der Waals surface area contributed by atoms with Crippen molar-refractivity contribution in [3.8, 4) is 0 Å². The summed E-state index contributed by atoms with van der Waals surface area (Å²) < 4.78 is 1.24. The van der Waals surface area contributed by atoms with Crippen LogP contribution in [-0.2, 0) is 11.3 Å². The van der Waals surface area contributed by atoms with Gasteiger partial charge in [-0.1, -0.05) is 19.3 Å². The highest BCUT2D eigenvalue weighted by Gasteiger charge is 2.24. The normalized spacial score (nSPS) is 15.1. The lowest BCUT2D eigenvalue weighted by Gasteiger charge is -2.33. The second-order valence-electron chi connectivity index (χ2n) is 6.61. The molecule has 0 bridgehead atoms. The van der Waals surface area contributed by atoms with Gasteiger partial charge in [0.15, 0.2) is 0 Å². The molecule has 8 heteroatoms. The fourth-order valence-corrected chi connectivity index (χ4v) is 3.64. The number of nitrogens with zero attached hydrogens (tertiary/aromatic N) is 4. The third-order valence-electron chi connectivity index (χ3n) is 5.00. The van der Waals surface area contributed by atoms with E-state index in [4.69, 9.17) is 0 Å². The molecule has 0 saturated heterocycles. The number of amides is 1. The van der Waals surface area contributed by atoms with E-state index in [1.165, 1.54) is 35.5 Å². The van der Waals surface area contributed by atoms with E-state index < -0.39 is 10.5 Å². The number of carbonyl (C=O) groups excluding carboxylic acids is 1. The molecule has 0 aliphatic heterocycles. The minimum atomic E-state index is -0.552. The lowest BCUT2D eigenvalue weighted by Crippen LogP contribution is -2.44. The smallest absolute Gasteiger partial charge is 0.270 e. The van der Waals surface area contributed by atoms with Crippen molar-refractivity contribution < 1.29 is 9.72 Å². The molecule has 0 N–H and O–H groups in total. The maximum Gasteiger partial charge on any atom is 0.270 e. The highest BCUT2D eigenvalue weighted by Crippen LogP contribution is 2.23. The first-order valence-corrected chi connectivity index (χ1v) is 8.94. The van der Waals surface area contributed by atoms with E-state index in [1.807, 2.05) is 11.8 Å². The van der Waals surface area contributed by atoms with Crippen molar-refractivity contribution in [2.24, 2.45) is 0 Å². The summed E-state index contributed by atoms with van der Waals surface area (Å²) in [5.74, 6) is -0.118. The van der Waals surface area contributed by atoms with Gasteiger partial charge < -0.3 is 4.90 Å². The average Bonchev–Trinajstić information content (AvgIpc) is 2.65. The minimum Gasteiger partial charge on any atom is -0.338 e. The first-order valence-electron chi connectivity index (χ1n) is 8.94. The molecule has 1 fully saturated rings. The number of fused-ring (bicyclic) bond motifs is 1. The fraction of sp³-hybridized carbons (Fsp3) is 0.500. The second kappa shape index (κ2) is 7.63. The summed E-state index contributed by atoms with van der Waals surface area (Å²) >= 11 is 0. The fourth-order valence-electron chi connectivity index (χ4n) is 3.64. The molecule has 3 rings (SSSR count). The second-order valence-corrected chi connectivity index (χ2v) is 6.61. The Kier molecular flexibility index (Phi) is 5.29. The van der Waals surface area contributed by atoms with Gasteiger partial charge in [0.05, 0.1) is 22.2 Å². The number of hydrogen-bond acceptors (Lipinski definition) is 5. The van der Waals surface area contributed by atoms with Gasteiger partial charge in [0, 0.05) is 24.7 Å². The Morgan fingerprint density at radius 3 is 2.73 bits per heavy atom. The molecule has 1 saturated carbocycles. The van der Waals surface area contributed by atoms with Crippen molar-refractivity contribution in [1.29, 1.82) is 0 Å². The molecule has 2 aromatic rings. The van der Waals surface area contributed by atoms with Crippen LogP contribution in [0, 0.1) is 10.1 Å². The molecule has 0 atom stereocenters. The van der Waals surface area contributed by atoms with Crippen LogP contribution in [0.5, 0.6) is 0 Å². The summed E-state index contributed by atoms with van der Waals surface area (Å²) in [6.45, 7) is 2.44. The Morgan fingerprint density at radius 2 is 2.08 bits per heavy atom. The third-order valence-corrected chi connectivity index (χ3v) is 5.00. The molecule has 0 radical (unpaired) electrons. The van der Waals surface area contributed by atoms with Gasteiger partial charge in [0.2, 0.25) is 5.91 Å². The van der Waals surface area contributed by atoms with E-state index in [-0.39, 0.29) is 29.6 Å². The Morgan fingerprint density at radius 1 is 1.35 bits per heavy atom. The summed E-state index contributed by atoms with van der Waals surface area (Å²) in [7, 11) is 0. The monoisotopic (exact) mass is 358 g/mol. The maximum absolute atomic E-state index is 12.7. The number of rotatable bonds is 5. The van der Waals surface area contributed by atoms with E-state index in [0.717, 1.165) is 25.7 Å². The number of aromatic nitrogens is 2. The van der Waals surface area contributed by atoms with Gasteiger partial charge in [-0.2, -0.15) is 0 Å². The van der Waals surface area contributed by atoms with Crippen LogP contribution >= 0.6 is 0 Å². The van der Waals surface area contributed by atoms with Gasteiger partial charge in [-0.05, 0) is 25.8 Å². The molecular formula is C18H22N4O4. The molecule has 0 unspecified atom stereocenters. The molecule has 26 heavy (non-hydrogen) atoms. The van der Waals surface area contributed by atoms with Crippen LogP contribution in [0.1, 0.15) is 39.0 Å². The zero-order valence-electron chi connectivity index (χ0n) is 14.8. The quantitative estimate of drug-likeness (QED) is 0.604. The van der Waals surface area contributed by atoms with Crippen LogP contribution in [0.4, 0.5) is 5.69 Å². The van der Waals surface area contributed by atoms with E-state index >= 15 is 0 Å². The zero-order valence-corrected chi connectivity index (χ0v) is 14.8. The summed E-state index contributed by atoms with van der Waals surface area (Å²) in [5.41, 5.74) is -0.228. The van der Waals surface area contributed by atoms with Crippen molar-refractivity contribution in [3.63, 3.8) is 0 Å². The first-order chi connectivity index (χ1) is 12.5. The molecular weight excluding hydrogens is 336 g/mol. The number of hydrogen-bond donors (Lipinski definition) is 0. The summed E-state index contributed by atoms with van der Waals surface area (Å²) in [6, 6.07) is 4.20. The Bertz CT molecular complexity index is 886. The topological polar surface area (TPSA) is 98.3 Å². The van der Waals surface area contributed by atoms with Crippen LogP contribution in [-0.4, -0.2) is 37.9 Å². The number of likely N-dealkylation sites (N-methyl/N-ethyl adjacent to an activating group) is 1. The Balaban J connectivity index is 1.87. The molecule has 1 amide bonds. The lowest BCUT2D eigenvalue weighted by molar-refractivity contribution is -0.384. The summed E-state index contributed by atoms with van der Waals surface area (Å²) in [4.78, 5) is 41.8. The summed E-state index contributed by atoms with van der Waals surface area (Å²) in [5, 5.41) is 11.1. The van der Waals surface area contributed by atoms with Crippen molar-refractivity contribution in [2.45, 2.75) is 51.6 Å². The zero-order chi connectivity index (χ0) is 18.7. The highest BCUT2D eigenvalue weighted by molar-refractivity contribution is 5.81. The minimum absolute atomic E-state index is 0.102. The Labute approximate surface area is 150 Å². The van der Waals surface area contributed by atoms with Gasteiger partial charge in [-0.25, -0.2) is 4.98 Å². The van der Waals surface area contributed by atoms with Gasteiger partial charge in [0.1, 0.15) is 6.54 Å². The molecule has 8 nitrogen and oxygen atoms in total. The average molecular weight is 358 g/mol. The van der Waals surface area contributed by atoms with Crippen LogP contribution in [0.15, 0.2) is 29.3 Å². The SMILES string of the molecule is CCN(C(=O)Cn1cnc2ccc([N+](=O)[O-])cc2c1=O)C1CCCCC1. The van der Waals surface area contributed by atoms with Crippen LogP contribution in [0.3, 0.4) is 0 Å². The van der Waals surface area contributed by atoms with E-state index in [2.05, 4.69) is 4.98 Å². The standard InChI is InChI=1S/C18H22N4O4/c1-2-21(13-6-4-3-5-7-13)17(23)11-20-12-19-16-9-8-14(22(25)26)10-15(16)18(20)24/h8-10,12-13H,2-7,11H2,1H3. The van der Waals surface area contributed by atoms with Crippen LogP contribution in [0.2, 0.25) is 0 Å². The molecule has 1 aromatic heterocycles. The summed E-state index contributed by atoms with van der Waals surface area (Å²) in [6.07, 6.45) is 6.77. The van der Waals surface area contributed by atoms with Crippen molar-refractivity contribution >= 4 is 22.5 Å². The molecule has 1 aliphatic rings. The first kappa shape index (κ1) is 18.0. The van der Waals surface area contributed by atoms with Crippen LogP contribution < -0.4 is 5.56 Å². The molecule has 1 heterocycles. The molecule has 0 spiro atoms. The van der Waals surface area contributed by atoms with Crippen molar-refractivity contribution in [3.05, 3.63) is 45.0 Å². The van der Waals surface area contributed by atoms with E-state index in [9.17, 15) is 19.7 Å². The van der Waals surface area contributed by atoms with Gasteiger partial charge in [-0.15, -0.1) is 0 Å². The maximum atomic E-state index is 12.7. The lowest BCUT2D eigenvalue weighted by atomic mass is 9.94. The van der Waals surface area contributed by atoms with Crippen molar-refractivity contribution in [2.75, 3.05) is 6.54 Å². The molecule has 138 valence electrons. The molecule has 1 aliphatic carbocycles. The Hall–Kier alpha value is -2.77.